The van der Waals surface area contributed by atoms with Gasteiger partial charge in [0.15, 0.2) is 0 Å². The van der Waals surface area contributed by atoms with Crippen LogP contribution in [0.3, 0.4) is 0 Å². The number of methoxy groups -OCH3 is 1. The summed E-state index contributed by atoms with van der Waals surface area (Å²) >= 11 is 0. The van der Waals surface area contributed by atoms with Crippen molar-refractivity contribution >= 4 is 19.9 Å². The molecule has 2 radical (unpaired) electrons. The van der Waals surface area contributed by atoms with E-state index in [-0.39, 0.29) is 5.97 Å². The summed E-state index contributed by atoms with van der Waals surface area (Å²) < 4.78 is 9.80. The second-order valence-corrected chi connectivity index (χ2v) is 3.06. The molecular formula is C12H13BO3. The summed E-state index contributed by atoms with van der Waals surface area (Å²) in [7, 11) is 6.66. The Morgan fingerprint density at radius 1 is 1.38 bits per heavy atom. The summed E-state index contributed by atoms with van der Waals surface area (Å²) in [5.41, 5.74) is 0.908. The van der Waals surface area contributed by atoms with Gasteiger partial charge in [0.1, 0.15) is 5.75 Å². The number of rotatable bonds is 5. The molecule has 0 saturated heterocycles. The van der Waals surface area contributed by atoms with Gasteiger partial charge in [-0.05, 0) is 23.8 Å². The summed E-state index contributed by atoms with van der Waals surface area (Å²) in [5, 5.41) is 0. The molecule has 0 spiro atoms. The molecule has 1 rings (SSSR count). The van der Waals surface area contributed by atoms with Gasteiger partial charge in [-0.2, -0.15) is 0 Å². The molecule has 16 heavy (non-hydrogen) atoms. The van der Waals surface area contributed by atoms with Crippen LogP contribution in [0.15, 0.2) is 30.3 Å². The predicted octanol–water partition coefficient (Wildman–Crippen LogP) is 1.84. The maximum Gasteiger partial charge on any atom is 0.330 e. The lowest BCUT2D eigenvalue weighted by atomic mass is 10.1. The van der Waals surface area contributed by atoms with E-state index in [9.17, 15) is 4.79 Å². The van der Waals surface area contributed by atoms with Gasteiger partial charge >= 0.3 is 5.97 Å². The Labute approximate surface area is 96.5 Å². The van der Waals surface area contributed by atoms with Crippen molar-refractivity contribution in [3.8, 4) is 5.75 Å². The zero-order valence-corrected chi connectivity index (χ0v) is 9.18. The van der Waals surface area contributed by atoms with E-state index >= 15 is 0 Å². The van der Waals surface area contributed by atoms with Crippen molar-refractivity contribution < 1.29 is 14.3 Å². The van der Waals surface area contributed by atoms with Crippen molar-refractivity contribution in [2.75, 3.05) is 13.7 Å². The summed E-state index contributed by atoms with van der Waals surface area (Å²) in [6.07, 6.45) is 3.54. The fourth-order valence-electron chi connectivity index (χ4n) is 1.08. The minimum absolute atomic E-state index is 0.372. The van der Waals surface area contributed by atoms with E-state index in [1.54, 1.807) is 6.08 Å². The second kappa shape index (κ2) is 6.72. The van der Waals surface area contributed by atoms with Gasteiger partial charge in [0.25, 0.3) is 0 Å². The van der Waals surface area contributed by atoms with Crippen LogP contribution < -0.4 is 4.74 Å². The van der Waals surface area contributed by atoms with Gasteiger partial charge in [0.2, 0.25) is 0 Å². The predicted molar refractivity (Wildman–Crippen MR) is 63.5 cm³/mol. The van der Waals surface area contributed by atoms with Crippen LogP contribution in [-0.2, 0) is 9.53 Å². The fraction of sp³-hybridized carbons (Fsp3) is 0.250. The molecule has 0 aliphatic heterocycles. The van der Waals surface area contributed by atoms with Crippen LogP contribution in [0.2, 0.25) is 6.32 Å². The zero-order chi connectivity index (χ0) is 11.8. The Hall–Kier alpha value is -1.71. The Kier molecular flexibility index (Phi) is 5.19. The first kappa shape index (κ1) is 12.4. The molecule has 4 heteroatoms. The molecule has 0 aliphatic carbocycles. The van der Waals surface area contributed by atoms with Crippen LogP contribution in [0, 0.1) is 0 Å². The average molecular weight is 216 g/mol. The molecule has 0 aliphatic rings. The lowest BCUT2D eigenvalue weighted by molar-refractivity contribution is -0.134. The molecule has 0 aromatic heterocycles. The third kappa shape index (κ3) is 4.21. The summed E-state index contributed by atoms with van der Waals surface area (Å²) in [6.45, 7) is 0.497. The molecule has 1 aromatic rings. The van der Waals surface area contributed by atoms with Gasteiger partial charge in [0.05, 0.1) is 21.6 Å². The molecule has 82 valence electrons. The molecule has 0 bridgehead atoms. The van der Waals surface area contributed by atoms with E-state index in [2.05, 4.69) is 4.74 Å². The highest BCUT2D eigenvalue weighted by Gasteiger charge is 1.94. The van der Waals surface area contributed by atoms with Crippen LogP contribution in [0.25, 0.3) is 6.08 Å². The van der Waals surface area contributed by atoms with Gasteiger partial charge in [-0.15, -0.1) is 0 Å². The van der Waals surface area contributed by atoms with Crippen LogP contribution in [-0.4, -0.2) is 27.5 Å². The third-order valence-corrected chi connectivity index (χ3v) is 1.88. The standard InChI is InChI=1S/C12H13BO3/c1-15-12(14)7-4-10-2-5-11(6-3-10)16-9-8-13/h2-7H,8-9H2,1H3/b7-4+. The van der Waals surface area contributed by atoms with E-state index in [1.807, 2.05) is 24.3 Å². The quantitative estimate of drug-likeness (QED) is 0.428. The molecule has 1 aromatic carbocycles. The van der Waals surface area contributed by atoms with Gasteiger partial charge in [-0.25, -0.2) is 4.79 Å². The van der Waals surface area contributed by atoms with Crippen LogP contribution >= 0.6 is 0 Å². The van der Waals surface area contributed by atoms with E-state index in [0.29, 0.717) is 12.9 Å². The first-order valence-corrected chi connectivity index (χ1v) is 4.95. The lowest BCUT2D eigenvalue weighted by Gasteiger charge is -2.03. The normalized spacial score (nSPS) is 10.3. The highest BCUT2D eigenvalue weighted by atomic mass is 16.5. The van der Waals surface area contributed by atoms with Crippen LogP contribution in [0.4, 0.5) is 0 Å². The van der Waals surface area contributed by atoms with Crippen molar-refractivity contribution in [2.45, 2.75) is 6.32 Å². The Morgan fingerprint density at radius 2 is 2.06 bits per heavy atom. The average Bonchev–Trinajstić information content (AvgIpc) is 2.34. The van der Waals surface area contributed by atoms with Crippen LogP contribution in [0.1, 0.15) is 5.56 Å². The zero-order valence-electron chi connectivity index (χ0n) is 9.18. The lowest BCUT2D eigenvalue weighted by Crippen LogP contribution is -1.95. The molecule has 0 fully saturated rings. The Bertz CT molecular complexity index is 357. The van der Waals surface area contributed by atoms with Gasteiger partial charge in [-0.3, -0.25) is 0 Å². The van der Waals surface area contributed by atoms with Crippen molar-refractivity contribution in [2.24, 2.45) is 0 Å². The van der Waals surface area contributed by atoms with E-state index in [0.717, 1.165) is 11.3 Å². The molecule has 0 heterocycles. The molecule has 0 saturated carbocycles. The van der Waals surface area contributed by atoms with Gasteiger partial charge in [0, 0.05) is 6.08 Å². The summed E-state index contributed by atoms with van der Waals surface area (Å²) in [5.74, 6) is 0.393. The SMILES string of the molecule is [B]CCOc1ccc(/C=C/C(=O)OC)cc1. The fourth-order valence-corrected chi connectivity index (χ4v) is 1.08. The van der Waals surface area contributed by atoms with Gasteiger partial charge in [-0.1, -0.05) is 18.5 Å². The smallest absolute Gasteiger partial charge is 0.330 e. The monoisotopic (exact) mass is 216 g/mol. The van der Waals surface area contributed by atoms with Crippen molar-refractivity contribution in [1.82, 2.24) is 0 Å². The number of hydrogen-bond donors (Lipinski definition) is 0. The maximum atomic E-state index is 10.8. The molecule has 3 nitrogen and oxygen atoms in total. The van der Waals surface area contributed by atoms with Crippen LogP contribution in [0.5, 0.6) is 5.75 Å². The first-order valence-electron chi connectivity index (χ1n) is 4.95. The molecule has 0 unspecified atom stereocenters. The van der Waals surface area contributed by atoms with E-state index in [1.165, 1.54) is 13.2 Å². The topological polar surface area (TPSA) is 35.5 Å². The third-order valence-electron chi connectivity index (χ3n) is 1.88. The van der Waals surface area contributed by atoms with E-state index < -0.39 is 0 Å². The number of carbonyl (C=O) groups is 1. The number of ether oxygens (including phenoxy) is 2. The number of esters is 1. The minimum Gasteiger partial charge on any atom is -0.494 e. The Balaban J connectivity index is 2.57. The number of benzene rings is 1. The maximum absolute atomic E-state index is 10.8. The Morgan fingerprint density at radius 3 is 2.62 bits per heavy atom. The molecular weight excluding hydrogens is 203 g/mol. The number of carbonyl (C=O) groups excluding carboxylic acids is 1. The summed E-state index contributed by atoms with van der Waals surface area (Å²) in [6, 6.07) is 7.36. The van der Waals surface area contributed by atoms with Gasteiger partial charge < -0.3 is 9.47 Å². The van der Waals surface area contributed by atoms with E-state index in [4.69, 9.17) is 12.6 Å². The number of hydrogen-bond acceptors (Lipinski definition) is 3. The highest BCUT2D eigenvalue weighted by molar-refractivity contribution is 6.08. The summed E-state index contributed by atoms with van der Waals surface area (Å²) in [4.78, 5) is 10.8. The van der Waals surface area contributed by atoms with Crippen molar-refractivity contribution in [3.05, 3.63) is 35.9 Å². The van der Waals surface area contributed by atoms with Crippen molar-refractivity contribution in [1.29, 1.82) is 0 Å². The largest absolute Gasteiger partial charge is 0.494 e. The second-order valence-electron chi connectivity index (χ2n) is 3.06. The molecule has 0 amide bonds. The molecule has 0 N–H and O–H groups in total. The van der Waals surface area contributed by atoms with Crippen molar-refractivity contribution in [3.63, 3.8) is 0 Å². The highest BCUT2D eigenvalue weighted by Crippen LogP contribution is 2.13. The first-order chi connectivity index (χ1) is 7.76. The molecule has 0 atom stereocenters. The minimum atomic E-state index is -0.372.